The van der Waals surface area contributed by atoms with Crippen LogP contribution in [0.5, 0.6) is 0 Å². The van der Waals surface area contributed by atoms with Gasteiger partial charge in [0.05, 0.1) is 11.9 Å². The van der Waals surface area contributed by atoms with Gasteiger partial charge in [0, 0.05) is 42.9 Å². The largest absolute Gasteiger partial charge is 0.349 e. The Hall–Kier alpha value is -3.13. The number of amides is 1. The van der Waals surface area contributed by atoms with Gasteiger partial charge < -0.3 is 15.2 Å². The first kappa shape index (κ1) is 18.2. The number of piperidine rings is 1. The SMILES string of the molecule is O=C(NC1CCNCC1)c1cnc(-c2cc(F)cc(Cn3ccnc3)c2)nc1. The van der Waals surface area contributed by atoms with Gasteiger partial charge in [-0.25, -0.2) is 19.3 Å². The fourth-order valence-electron chi connectivity index (χ4n) is 3.29. The van der Waals surface area contributed by atoms with Crippen LogP contribution in [0.4, 0.5) is 4.39 Å². The predicted molar refractivity (Wildman–Crippen MR) is 102 cm³/mol. The minimum absolute atomic E-state index is 0.169. The Morgan fingerprint density at radius 1 is 1.21 bits per heavy atom. The molecule has 7 nitrogen and oxygen atoms in total. The molecule has 2 N–H and O–H groups in total. The van der Waals surface area contributed by atoms with Crippen molar-refractivity contribution < 1.29 is 9.18 Å². The van der Waals surface area contributed by atoms with E-state index in [1.807, 2.05) is 16.8 Å². The van der Waals surface area contributed by atoms with Crippen LogP contribution in [0.15, 0.2) is 49.3 Å². The lowest BCUT2D eigenvalue weighted by molar-refractivity contribution is 0.0929. The van der Waals surface area contributed by atoms with Crippen LogP contribution in [0, 0.1) is 5.82 Å². The second-order valence-corrected chi connectivity index (χ2v) is 6.88. The number of carbonyl (C=O) groups excluding carboxylic acids is 1. The predicted octanol–water partition coefficient (Wildman–Crippen LogP) is 2.01. The van der Waals surface area contributed by atoms with Crippen molar-refractivity contribution in [1.29, 1.82) is 0 Å². The van der Waals surface area contributed by atoms with E-state index in [1.54, 1.807) is 12.5 Å². The van der Waals surface area contributed by atoms with E-state index in [2.05, 4.69) is 25.6 Å². The molecule has 0 unspecified atom stereocenters. The summed E-state index contributed by atoms with van der Waals surface area (Å²) < 4.78 is 15.9. The lowest BCUT2D eigenvalue weighted by Gasteiger charge is -2.23. The smallest absolute Gasteiger partial charge is 0.254 e. The highest BCUT2D eigenvalue weighted by atomic mass is 19.1. The summed E-state index contributed by atoms with van der Waals surface area (Å²) in [7, 11) is 0. The van der Waals surface area contributed by atoms with Gasteiger partial charge in [-0.05, 0) is 49.7 Å². The first-order valence-electron chi connectivity index (χ1n) is 9.26. The summed E-state index contributed by atoms with van der Waals surface area (Å²) in [4.78, 5) is 24.9. The summed E-state index contributed by atoms with van der Waals surface area (Å²) in [5.74, 6) is -0.160. The van der Waals surface area contributed by atoms with Crippen LogP contribution in [-0.4, -0.2) is 44.6 Å². The zero-order valence-electron chi connectivity index (χ0n) is 15.3. The molecular weight excluding hydrogens is 359 g/mol. The molecule has 4 rings (SSSR count). The topological polar surface area (TPSA) is 84.7 Å². The molecule has 1 aliphatic heterocycles. The summed E-state index contributed by atoms with van der Waals surface area (Å²) in [6, 6.07) is 4.88. The van der Waals surface area contributed by atoms with E-state index in [0.717, 1.165) is 31.5 Å². The van der Waals surface area contributed by atoms with Crippen molar-refractivity contribution in [3.8, 4) is 11.4 Å². The van der Waals surface area contributed by atoms with E-state index < -0.39 is 0 Å². The molecule has 3 heterocycles. The van der Waals surface area contributed by atoms with Crippen molar-refractivity contribution in [2.24, 2.45) is 0 Å². The monoisotopic (exact) mass is 380 g/mol. The number of halogens is 1. The van der Waals surface area contributed by atoms with Crippen LogP contribution in [0.2, 0.25) is 0 Å². The molecule has 3 aromatic rings. The number of imidazole rings is 1. The highest BCUT2D eigenvalue weighted by Crippen LogP contribution is 2.19. The second-order valence-electron chi connectivity index (χ2n) is 6.88. The highest BCUT2D eigenvalue weighted by molar-refractivity contribution is 5.93. The number of nitrogens with one attached hydrogen (secondary N) is 2. The van der Waals surface area contributed by atoms with Crippen molar-refractivity contribution >= 4 is 5.91 Å². The molecule has 0 aliphatic carbocycles. The Morgan fingerprint density at radius 3 is 2.71 bits per heavy atom. The number of nitrogens with zero attached hydrogens (tertiary/aromatic N) is 4. The molecule has 0 saturated carbocycles. The number of hydrogen-bond donors (Lipinski definition) is 2. The normalized spacial score (nSPS) is 14.8. The fraction of sp³-hybridized carbons (Fsp3) is 0.300. The summed E-state index contributed by atoms with van der Waals surface area (Å²) in [6.45, 7) is 2.31. The molecule has 144 valence electrons. The van der Waals surface area contributed by atoms with E-state index in [4.69, 9.17) is 0 Å². The van der Waals surface area contributed by atoms with Crippen LogP contribution in [0.25, 0.3) is 11.4 Å². The molecule has 8 heteroatoms. The first-order valence-corrected chi connectivity index (χ1v) is 9.26. The maximum atomic E-state index is 14.1. The van der Waals surface area contributed by atoms with E-state index in [9.17, 15) is 9.18 Å². The van der Waals surface area contributed by atoms with Gasteiger partial charge in [-0.1, -0.05) is 0 Å². The number of aromatic nitrogens is 4. The number of rotatable bonds is 5. The molecule has 28 heavy (non-hydrogen) atoms. The van der Waals surface area contributed by atoms with Crippen molar-refractivity contribution in [2.45, 2.75) is 25.4 Å². The van der Waals surface area contributed by atoms with Crippen molar-refractivity contribution in [1.82, 2.24) is 30.2 Å². The molecule has 0 bridgehead atoms. The van der Waals surface area contributed by atoms with Gasteiger partial charge in [0.2, 0.25) is 0 Å². The third-order valence-corrected chi connectivity index (χ3v) is 4.73. The summed E-state index contributed by atoms with van der Waals surface area (Å²) in [5, 5.41) is 6.27. The molecule has 1 aromatic carbocycles. The second kappa shape index (κ2) is 8.26. The van der Waals surface area contributed by atoms with Gasteiger partial charge >= 0.3 is 0 Å². The quantitative estimate of drug-likeness (QED) is 0.707. The van der Waals surface area contributed by atoms with Gasteiger partial charge in [-0.2, -0.15) is 0 Å². The molecule has 1 aliphatic rings. The molecule has 0 radical (unpaired) electrons. The van der Waals surface area contributed by atoms with Crippen LogP contribution in [0.1, 0.15) is 28.8 Å². The third kappa shape index (κ3) is 4.40. The molecule has 1 saturated heterocycles. The van der Waals surface area contributed by atoms with Crippen LogP contribution in [0.3, 0.4) is 0 Å². The van der Waals surface area contributed by atoms with E-state index in [0.29, 0.717) is 23.5 Å². The number of carbonyl (C=O) groups is 1. The van der Waals surface area contributed by atoms with Crippen molar-refractivity contribution in [2.75, 3.05) is 13.1 Å². The van der Waals surface area contributed by atoms with Crippen molar-refractivity contribution in [3.63, 3.8) is 0 Å². The van der Waals surface area contributed by atoms with Crippen molar-refractivity contribution in [3.05, 3.63) is 66.3 Å². The summed E-state index contributed by atoms with van der Waals surface area (Å²) in [5.41, 5.74) is 1.75. The molecule has 1 amide bonds. The van der Waals surface area contributed by atoms with E-state index in [-0.39, 0.29) is 17.8 Å². The lowest BCUT2D eigenvalue weighted by atomic mass is 10.1. The molecule has 1 fully saturated rings. The van der Waals surface area contributed by atoms with Gasteiger partial charge in [-0.15, -0.1) is 0 Å². The van der Waals surface area contributed by atoms with Gasteiger partial charge in [0.1, 0.15) is 5.82 Å². The van der Waals surface area contributed by atoms with Gasteiger partial charge in [-0.3, -0.25) is 4.79 Å². The Balaban J connectivity index is 1.48. The highest BCUT2D eigenvalue weighted by Gasteiger charge is 2.17. The van der Waals surface area contributed by atoms with E-state index >= 15 is 0 Å². The molecule has 0 atom stereocenters. The van der Waals surface area contributed by atoms with Gasteiger partial charge in [0.25, 0.3) is 5.91 Å². The fourth-order valence-corrected chi connectivity index (χ4v) is 3.29. The Morgan fingerprint density at radius 2 is 2.00 bits per heavy atom. The van der Waals surface area contributed by atoms with Gasteiger partial charge in [0.15, 0.2) is 5.82 Å². The van der Waals surface area contributed by atoms with Crippen LogP contribution >= 0.6 is 0 Å². The number of hydrogen-bond acceptors (Lipinski definition) is 5. The third-order valence-electron chi connectivity index (χ3n) is 4.73. The first-order chi connectivity index (χ1) is 13.7. The Kier molecular flexibility index (Phi) is 5.38. The molecule has 0 spiro atoms. The zero-order valence-corrected chi connectivity index (χ0v) is 15.3. The zero-order chi connectivity index (χ0) is 19.3. The average molecular weight is 380 g/mol. The Bertz CT molecular complexity index is 936. The molecular formula is C20H21FN6O. The Labute approximate surface area is 162 Å². The maximum absolute atomic E-state index is 14.1. The van der Waals surface area contributed by atoms with Crippen LogP contribution < -0.4 is 10.6 Å². The standard InChI is InChI=1S/C20H21FN6O/c21-17-8-14(12-27-6-5-23-13-27)7-15(9-17)19-24-10-16(11-25-19)20(28)26-18-1-3-22-4-2-18/h5-11,13,18,22H,1-4,12H2,(H,26,28). The van der Waals surface area contributed by atoms with Crippen LogP contribution in [-0.2, 0) is 6.54 Å². The number of benzene rings is 1. The average Bonchev–Trinajstić information content (AvgIpc) is 3.21. The minimum Gasteiger partial charge on any atom is -0.349 e. The summed E-state index contributed by atoms with van der Waals surface area (Å²) in [6.07, 6.45) is 9.96. The molecule has 2 aromatic heterocycles. The van der Waals surface area contributed by atoms with E-state index in [1.165, 1.54) is 24.5 Å². The minimum atomic E-state index is -0.357. The lowest BCUT2D eigenvalue weighted by Crippen LogP contribution is -2.42. The summed E-state index contributed by atoms with van der Waals surface area (Å²) >= 11 is 0. The maximum Gasteiger partial charge on any atom is 0.254 e.